The number of rotatable bonds is 4. The van der Waals surface area contributed by atoms with Crippen LogP contribution in [-0.4, -0.2) is 25.7 Å². The van der Waals surface area contributed by atoms with Gasteiger partial charge in [0.25, 0.3) is 0 Å². The summed E-state index contributed by atoms with van der Waals surface area (Å²) in [6.45, 7) is 0.382. The van der Waals surface area contributed by atoms with Crippen molar-refractivity contribution in [3.63, 3.8) is 0 Å². The Morgan fingerprint density at radius 1 is 1.65 bits per heavy atom. The molecule has 0 saturated carbocycles. The zero-order chi connectivity index (χ0) is 12.3. The third-order valence-corrected chi connectivity index (χ3v) is 2.37. The molecule has 7 nitrogen and oxygen atoms in total. The van der Waals surface area contributed by atoms with Crippen LogP contribution in [0.2, 0.25) is 0 Å². The van der Waals surface area contributed by atoms with Crippen LogP contribution in [0.5, 0.6) is 0 Å². The van der Waals surface area contributed by atoms with E-state index in [9.17, 15) is 4.79 Å². The topological polar surface area (TPSA) is 102 Å². The highest BCUT2D eigenvalue weighted by Crippen LogP contribution is 2.08. The molecule has 0 radical (unpaired) electrons. The summed E-state index contributed by atoms with van der Waals surface area (Å²) >= 11 is 0. The summed E-state index contributed by atoms with van der Waals surface area (Å²) in [5.41, 5.74) is 7.32. The van der Waals surface area contributed by atoms with Gasteiger partial charge in [0.1, 0.15) is 6.04 Å². The Morgan fingerprint density at radius 3 is 3.06 bits per heavy atom. The van der Waals surface area contributed by atoms with Gasteiger partial charge in [-0.3, -0.25) is 9.48 Å². The SMILES string of the molecule is Cn1cc(C(N)C(=O)NCc2cnc[nH]2)cn1. The van der Waals surface area contributed by atoms with Gasteiger partial charge in [0, 0.05) is 25.0 Å². The third-order valence-electron chi connectivity index (χ3n) is 2.37. The van der Waals surface area contributed by atoms with E-state index in [0.29, 0.717) is 12.1 Å². The van der Waals surface area contributed by atoms with Gasteiger partial charge in [0.2, 0.25) is 5.91 Å². The van der Waals surface area contributed by atoms with E-state index in [0.717, 1.165) is 5.69 Å². The van der Waals surface area contributed by atoms with Crippen molar-refractivity contribution in [2.75, 3.05) is 0 Å². The van der Waals surface area contributed by atoms with Crippen LogP contribution in [0.25, 0.3) is 0 Å². The van der Waals surface area contributed by atoms with E-state index in [1.54, 1.807) is 36.6 Å². The van der Waals surface area contributed by atoms with Crippen LogP contribution in [0, 0.1) is 0 Å². The second-order valence-electron chi connectivity index (χ2n) is 3.72. The van der Waals surface area contributed by atoms with Crippen molar-refractivity contribution >= 4 is 5.91 Å². The summed E-state index contributed by atoms with van der Waals surface area (Å²) in [6, 6.07) is -0.702. The Bertz CT molecular complexity index is 489. The molecule has 2 rings (SSSR count). The second kappa shape index (κ2) is 4.79. The average Bonchev–Trinajstić information content (AvgIpc) is 2.95. The van der Waals surface area contributed by atoms with E-state index in [-0.39, 0.29) is 5.91 Å². The molecule has 0 aliphatic carbocycles. The van der Waals surface area contributed by atoms with E-state index in [2.05, 4.69) is 20.4 Å². The lowest BCUT2D eigenvalue weighted by atomic mass is 10.1. The van der Waals surface area contributed by atoms with Gasteiger partial charge < -0.3 is 16.0 Å². The molecule has 1 unspecified atom stereocenters. The molecule has 90 valence electrons. The van der Waals surface area contributed by atoms with Crippen LogP contribution in [-0.2, 0) is 18.4 Å². The zero-order valence-electron chi connectivity index (χ0n) is 9.42. The third kappa shape index (κ3) is 2.70. The fraction of sp³-hybridized carbons (Fsp3) is 0.300. The van der Waals surface area contributed by atoms with Gasteiger partial charge in [-0.2, -0.15) is 5.10 Å². The predicted molar refractivity (Wildman–Crippen MR) is 60.6 cm³/mol. The molecule has 0 aromatic carbocycles. The van der Waals surface area contributed by atoms with Gasteiger partial charge >= 0.3 is 0 Å². The quantitative estimate of drug-likeness (QED) is 0.661. The first-order valence-corrected chi connectivity index (χ1v) is 5.16. The van der Waals surface area contributed by atoms with Crippen LogP contribution in [0.15, 0.2) is 24.9 Å². The molecule has 0 spiro atoms. The number of aromatic amines is 1. The van der Waals surface area contributed by atoms with Crippen molar-refractivity contribution in [2.24, 2.45) is 12.8 Å². The number of aromatic nitrogens is 4. The monoisotopic (exact) mass is 234 g/mol. The number of nitrogens with zero attached hydrogens (tertiary/aromatic N) is 3. The molecule has 4 N–H and O–H groups in total. The molecule has 0 fully saturated rings. The molecule has 0 saturated heterocycles. The number of imidazole rings is 1. The van der Waals surface area contributed by atoms with Crippen molar-refractivity contribution in [1.29, 1.82) is 0 Å². The van der Waals surface area contributed by atoms with Crippen LogP contribution in [0.4, 0.5) is 0 Å². The lowest BCUT2D eigenvalue weighted by Gasteiger charge is -2.09. The number of amides is 1. The Hall–Kier alpha value is -2.15. The standard InChI is InChI=1S/C10H14N6O/c1-16-5-7(2-15-16)9(11)10(17)13-4-8-3-12-6-14-8/h2-3,5-6,9H,4,11H2,1H3,(H,12,14)(H,13,17). The molecule has 2 aromatic rings. The number of H-pyrrole nitrogens is 1. The zero-order valence-corrected chi connectivity index (χ0v) is 9.42. The average molecular weight is 234 g/mol. The summed E-state index contributed by atoms with van der Waals surface area (Å²) < 4.78 is 1.61. The minimum atomic E-state index is -0.702. The number of nitrogens with two attached hydrogens (primary N) is 1. The van der Waals surface area contributed by atoms with Gasteiger partial charge in [0.05, 0.1) is 24.8 Å². The second-order valence-corrected chi connectivity index (χ2v) is 3.72. The van der Waals surface area contributed by atoms with Crippen molar-refractivity contribution in [3.8, 4) is 0 Å². The van der Waals surface area contributed by atoms with Crippen molar-refractivity contribution < 1.29 is 4.79 Å². The van der Waals surface area contributed by atoms with Crippen LogP contribution in [0.3, 0.4) is 0 Å². The van der Waals surface area contributed by atoms with Crippen LogP contribution in [0.1, 0.15) is 17.3 Å². The molecule has 7 heteroatoms. The molecule has 0 aliphatic heterocycles. The number of hydrogen-bond donors (Lipinski definition) is 3. The fourth-order valence-electron chi connectivity index (χ4n) is 1.43. The van der Waals surface area contributed by atoms with Crippen LogP contribution < -0.4 is 11.1 Å². The number of hydrogen-bond acceptors (Lipinski definition) is 4. The minimum Gasteiger partial charge on any atom is -0.349 e. The maximum atomic E-state index is 11.7. The lowest BCUT2D eigenvalue weighted by Crippen LogP contribution is -2.33. The molecule has 2 heterocycles. The van der Waals surface area contributed by atoms with E-state index in [1.165, 1.54) is 0 Å². The Kier molecular flexibility index (Phi) is 3.20. The van der Waals surface area contributed by atoms with Crippen molar-refractivity contribution in [2.45, 2.75) is 12.6 Å². The largest absolute Gasteiger partial charge is 0.349 e. The molecule has 1 atom stereocenters. The maximum Gasteiger partial charge on any atom is 0.241 e. The molecular weight excluding hydrogens is 220 g/mol. The first kappa shape index (κ1) is 11.3. The molecule has 1 amide bonds. The molecule has 0 aliphatic rings. The minimum absolute atomic E-state index is 0.243. The lowest BCUT2D eigenvalue weighted by molar-refractivity contribution is -0.122. The molecule has 2 aromatic heterocycles. The molecule has 0 bridgehead atoms. The smallest absolute Gasteiger partial charge is 0.241 e. The summed E-state index contributed by atoms with van der Waals surface area (Å²) in [7, 11) is 1.78. The Morgan fingerprint density at radius 2 is 2.47 bits per heavy atom. The Labute approximate surface area is 98.0 Å². The highest BCUT2D eigenvalue weighted by molar-refractivity contribution is 5.82. The van der Waals surface area contributed by atoms with Gasteiger partial charge in [-0.1, -0.05) is 0 Å². The summed E-state index contributed by atoms with van der Waals surface area (Å²) in [4.78, 5) is 18.5. The van der Waals surface area contributed by atoms with Crippen molar-refractivity contribution in [3.05, 3.63) is 36.2 Å². The number of carbonyl (C=O) groups is 1. The van der Waals surface area contributed by atoms with Gasteiger partial charge in [-0.15, -0.1) is 0 Å². The number of nitrogens with one attached hydrogen (secondary N) is 2. The predicted octanol–water partition coefficient (Wildman–Crippen LogP) is -0.541. The maximum absolute atomic E-state index is 11.7. The van der Waals surface area contributed by atoms with Crippen molar-refractivity contribution in [1.82, 2.24) is 25.1 Å². The highest BCUT2D eigenvalue weighted by atomic mass is 16.2. The summed E-state index contributed by atoms with van der Waals surface area (Å²) in [6.07, 6.45) is 6.51. The van der Waals surface area contributed by atoms with Gasteiger partial charge in [-0.25, -0.2) is 4.98 Å². The highest BCUT2D eigenvalue weighted by Gasteiger charge is 2.16. The number of carbonyl (C=O) groups excluding carboxylic acids is 1. The normalized spacial score (nSPS) is 12.4. The molecule has 17 heavy (non-hydrogen) atoms. The van der Waals surface area contributed by atoms with E-state index >= 15 is 0 Å². The van der Waals surface area contributed by atoms with E-state index in [1.807, 2.05) is 0 Å². The Balaban J connectivity index is 1.91. The number of aryl methyl sites for hydroxylation is 1. The van der Waals surface area contributed by atoms with E-state index in [4.69, 9.17) is 5.73 Å². The van der Waals surface area contributed by atoms with E-state index < -0.39 is 6.04 Å². The summed E-state index contributed by atoms with van der Waals surface area (Å²) in [5, 5.41) is 6.69. The first-order valence-electron chi connectivity index (χ1n) is 5.16. The first-order chi connectivity index (χ1) is 8.16. The molecular formula is C10H14N6O. The fourth-order valence-corrected chi connectivity index (χ4v) is 1.43. The van der Waals surface area contributed by atoms with Gasteiger partial charge in [0.15, 0.2) is 0 Å². The van der Waals surface area contributed by atoms with Gasteiger partial charge in [-0.05, 0) is 0 Å². The van der Waals surface area contributed by atoms with Crippen LogP contribution >= 0.6 is 0 Å². The summed E-state index contributed by atoms with van der Waals surface area (Å²) in [5.74, 6) is -0.243.